The third kappa shape index (κ3) is 1.95. The smallest absolute Gasteiger partial charge is 0.164 e. The van der Waals surface area contributed by atoms with Crippen molar-refractivity contribution in [3.8, 4) is 11.4 Å². The Morgan fingerprint density at radius 2 is 2.17 bits per heavy atom. The third-order valence-corrected chi connectivity index (χ3v) is 3.68. The largest absolute Gasteiger partial charge is 0.324 e. The number of hydrogen-bond acceptors (Lipinski definition) is 3. The van der Waals surface area contributed by atoms with E-state index in [-0.39, 0.29) is 5.82 Å². The Kier molecular flexibility index (Phi) is 2.91. The van der Waals surface area contributed by atoms with Crippen LogP contribution in [0.15, 0.2) is 22.7 Å². The first-order valence-electron chi connectivity index (χ1n) is 5.80. The topological polar surface area (TPSA) is 56.7 Å². The lowest BCUT2D eigenvalue weighted by Crippen LogP contribution is -2.08. The minimum Gasteiger partial charge on any atom is -0.324 e. The SMILES string of the molecule is NCc1nnc(-c2ccc(Br)c(F)c2)n1C1CC1. The van der Waals surface area contributed by atoms with E-state index < -0.39 is 0 Å². The summed E-state index contributed by atoms with van der Waals surface area (Å²) in [6.07, 6.45) is 2.22. The van der Waals surface area contributed by atoms with E-state index in [0.717, 1.165) is 24.2 Å². The summed E-state index contributed by atoms with van der Waals surface area (Å²) in [5, 5.41) is 8.22. The van der Waals surface area contributed by atoms with Crippen molar-refractivity contribution in [2.24, 2.45) is 5.73 Å². The second-order valence-corrected chi connectivity index (χ2v) is 5.23. The van der Waals surface area contributed by atoms with Gasteiger partial charge >= 0.3 is 0 Å². The Morgan fingerprint density at radius 1 is 1.39 bits per heavy atom. The molecule has 1 fully saturated rings. The zero-order valence-corrected chi connectivity index (χ0v) is 11.2. The van der Waals surface area contributed by atoms with Crippen LogP contribution in [-0.4, -0.2) is 14.8 Å². The fraction of sp³-hybridized carbons (Fsp3) is 0.333. The summed E-state index contributed by atoms with van der Waals surface area (Å²) < 4.78 is 16.1. The van der Waals surface area contributed by atoms with Gasteiger partial charge in [0.2, 0.25) is 0 Å². The van der Waals surface area contributed by atoms with Gasteiger partial charge in [0.1, 0.15) is 11.6 Å². The molecule has 1 aliphatic carbocycles. The summed E-state index contributed by atoms with van der Waals surface area (Å²) in [5.41, 5.74) is 6.39. The van der Waals surface area contributed by atoms with Crippen molar-refractivity contribution >= 4 is 15.9 Å². The number of nitrogens with zero attached hydrogens (tertiary/aromatic N) is 3. The molecule has 3 rings (SSSR count). The van der Waals surface area contributed by atoms with Gasteiger partial charge in [-0.15, -0.1) is 10.2 Å². The van der Waals surface area contributed by atoms with Crippen LogP contribution in [0.5, 0.6) is 0 Å². The summed E-state index contributed by atoms with van der Waals surface area (Å²) in [6.45, 7) is 0.350. The van der Waals surface area contributed by atoms with Crippen LogP contribution in [0.1, 0.15) is 24.7 Å². The standard InChI is InChI=1S/C12H12BrFN4/c13-9-4-1-7(5-10(9)14)12-17-16-11(6-15)18(12)8-2-3-8/h1,4-5,8H,2-3,6,15H2. The molecule has 1 aliphatic rings. The molecule has 1 aromatic carbocycles. The zero-order chi connectivity index (χ0) is 12.7. The fourth-order valence-corrected chi connectivity index (χ4v) is 2.26. The summed E-state index contributed by atoms with van der Waals surface area (Å²) in [6, 6.07) is 5.39. The van der Waals surface area contributed by atoms with E-state index in [1.54, 1.807) is 6.07 Å². The molecule has 0 spiro atoms. The number of hydrogen-bond donors (Lipinski definition) is 1. The molecule has 94 valence electrons. The predicted molar refractivity (Wildman–Crippen MR) is 69.3 cm³/mol. The van der Waals surface area contributed by atoms with Crippen LogP contribution in [0.25, 0.3) is 11.4 Å². The van der Waals surface area contributed by atoms with Crippen LogP contribution >= 0.6 is 15.9 Å². The van der Waals surface area contributed by atoms with Crippen molar-refractivity contribution in [2.75, 3.05) is 0 Å². The van der Waals surface area contributed by atoms with Gasteiger partial charge in [0.15, 0.2) is 5.82 Å². The highest BCUT2D eigenvalue weighted by Gasteiger charge is 2.29. The molecule has 2 N–H and O–H groups in total. The molecule has 4 nitrogen and oxygen atoms in total. The van der Waals surface area contributed by atoms with Crippen LogP contribution < -0.4 is 5.73 Å². The molecule has 0 aliphatic heterocycles. The van der Waals surface area contributed by atoms with Gasteiger partial charge in [-0.25, -0.2) is 4.39 Å². The highest BCUT2D eigenvalue weighted by molar-refractivity contribution is 9.10. The monoisotopic (exact) mass is 310 g/mol. The molecule has 18 heavy (non-hydrogen) atoms. The van der Waals surface area contributed by atoms with Gasteiger partial charge < -0.3 is 10.3 Å². The van der Waals surface area contributed by atoms with Crippen molar-refractivity contribution in [1.82, 2.24) is 14.8 Å². The van der Waals surface area contributed by atoms with E-state index in [1.165, 1.54) is 6.07 Å². The quantitative estimate of drug-likeness (QED) is 0.948. The fourth-order valence-electron chi connectivity index (χ4n) is 2.01. The lowest BCUT2D eigenvalue weighted by molar-refractivity contribution is 0.621. The molecule has 0 saturated heterocycles. The zero-order valence-electron chi connectivity index (χ0n) is 9.61. The number of nitrogens with two attached hydrogens (primary N) is 1. The number of benzene rings is 1. The molecule has 6 heteroatoms. The molecule has 0 amide bonds. The molecule has 0 unspecified atom stereocenters. The van der Waals surface area contributed by atoms with E-state index in [0.29, 0.717) is 22.9 Å². The first-order chi connectivity index (χ1) is 8.70. The Labute approximate surface area is 112 Å². The Morgan fingerprint density at radius 3 is 2.78 bits per heavy atom. The van der Waals surface area contributed by atoms with Gasteiger partial charge in [-0.05, 0) is 47.0 Å². The molecule has 0 atom stereocenters. The molecule has 2 aromatic rings. The Balaban J connectivity index is 2.10. The molecule has 1 saturated carbocycles. The minimum atomic E-state index is -0.299. The van der Waals surface area contributed by atoms with Gasteiger partial charge in [-0.1, -0.05) is 0 Å². The Hall–Kier alpha value is -1.27. The van der Waals surface area contributed by atoms with E-state index >= 15 is 0 Å². The van der Waals surface area contributed by atoms with Crippen molar-refractivity contribution in [3.05, 3.63) is 34.3 Å². The van der Waals surface area contributed by atoms with Gasteiger partial charge in [0.05, 0.1) is 11.0 Å². The number of rotatable bonds is 3. The van der Waals surface area contributed by atoms with Crippen LogP contribution in [0.4, 0.5) is 4.39 Å². The first kappa shape index (κ1) is 11.8. The molecule has 0 bridgehead atoms. The van der Waals surface area contributed by atoms with E-state index in [4.69, 9.17) is 5.73 Å². The lowest BCUT2D eigenvalue weighted by Gasteiger charge is -2.08. The molecular formula is C12H12BrFN4. The second kappa shape index (κ2) is 4.44. The average Bonchev–Trinajstić information content (AvgIpc) is 3.12. The van der Waals surface area contributed by atoms with Crippen LogP contribution in [-0.2, 0) is 6.54 Å². The highest BCUT2D eigenvalue weighted by Crippen LogP contribution is 2.39. The van der Waals surface area contributed by atoms with Crippen molar-refractivity contribution < 1.29 is 4.39 Å². The maximum absolute atomic E-state index is 13.6. The molecule has 1 aromatic heterocycles. The van der Waals surface area contributed by atoms with Gasteiger partial charge in [-0.2, -0.15) is 0 Å². The lowest BCUT2D eigenvalue weighted by atomic mass is 10.2. The minimum absolute atomic E-state index is 0.299. The van der Waals surface area contributed by atoms with E-state index in [1.807, 2.05) is 10.6 Å². The summed E-state index contributed by atoms with van der Waals surface area (Å²) in [7, 11) is 0. The second-order valence-electron chi connectivity index (χ2n) is 4.37. The predicted octanol–water partition coefficient (Wildman–Crippen LogP) is 2.64. The van der Waals surface area contributed by atoms with Crippen LogP contribution in [0.2, 0.25) is 0 Å². The maximum Gasteiger partial charge on any atom is 0.164 e. The molecular weight excluding hydrogens is 299 g/mol. The third-order valence-electron chi connectivity index (χ3n) is 3.04. The average molecular weight is 311 g/mol. The summed E-state index contributed by atoms with van der Waals surface area (Å²) >= 11 is 3.14. The van der Waals surface area contributed by atoms with Crippen LogP contribution in [0, 0.1) is 5.82 Å². The van der Waals surface area contributed by atoms with E-state index in [9.17, 15) is 4.39 Å². The van der Waals surface area contributed by atoms with Gasteiger partial charge in [0.25, 0.3) is 0 Å². The number of halogens is 2. The Bertz CT molecular complexity index is 592. The molecule has 1 heterocycles. The number of aromatic nitrogens is 3. The van der Waals surface area contributed by atoms with Gasteiger partial charge in [-0.3, -0.25) is 0 Å². The normalized spacial score (nSPS) is 15.1. The van der Waals surface area contributed by atoms with Crippen molar-refractivity contribution in [1.29, 1.82) is 0 Å². The summed E-state index contributed by atoms with van der Waals surface area (Å²) in [5.74, 6) is 1.16. The summed E-state index contributed by atoms with van der Waals surface area (Å²) in [4.78, 5) is 0. The van der Waals surface area contributed by atoms with Crippen LogP contribution in [0.3, 0.4) is 0 Å². The van der Waals surface area contributed by atoms with Gasteiger partial charge in [0, 0.05) is 11.6 Å². The maximum atomic E-state index is 13.6. The highest BCUT2D eigenvalue weighted by atomic mass is 79.9. The van der Waals surface area contributed by atoms with Crippen molar-refractivity contribution in [3.63, 3.8) is 0 Å². The van der Waals surface area contributed by atoms with Crippen molar-refractivity contribution in [2.45, 2.75) is 25.4 Å². The van der Waals surface area contributed by atoms with E-state index in [2.05, 4.69) is 26.1 Å². The first-order valence-corrected chi connectivity index (χ1v) is 6.59. The molecule has 0 radical (unpaired) electrons.